The van der Waals surface area contributed by atoms with Crippen molar-refractivity contribution in [1.29, 1.82) is 0 Å². The fraction of sp³-hybridized carbons (Fsp3) is 0.667. The van der Waals surface area contributed by atoms with Crippen LogP contribution in [0.4, 0.5) is 0 Å². The van der Waals surface area contributed by atoms with E-state index in [9.17, 15) is 0 Å². The van der Waals surface area contributed by atoms with Gasteiger partial charge in [-0.3, -0.25) is 0 Å². The van der Waals surface area contributed by atoms with Gasteiger partial charge < -0.3 is 0 Å². The van der Waals surface area contributed by atoms with Crippen LogP contribution in [0.5, 0.6) is 0 Å². The van der Waals surface area contributed by atoms with E-state index in [1.165, 1.54) is 29.6 Å². The molecule has 0 fully saturated rings. The summed E-state index contributed by atoms with van der Waals surface area (Å²) in [6.07, 6.45) is 6.04. The summed E-state index contributed by atoms with van der Waals surface area (Å²) in [7, 11) is 0. The highest BCUT2D eigenvalue weighted by Gasteiger charge is 2.29. The molecule has 1 radical (unpaired) electrons. The average Bonchev–Trinajstić information content (AvgIpc) is 2.17. The topological polar surface area (TPSA) is 0 Å². The van der Waals surface area contributed by atoms with Gasteiger partial charge in [-0.1, -0.05) is 25.8 Å². The second-order valence-corrected chi connectivity index (χ2v) is 4.08. The predicted octanol–water partition coefficient (Wildman–Crippen LogP) is 3.89. The maximum atomic E-state index is 3.57. The van der Waals surface area contributed by atoms with Crippen LogP contribution in [0.3, 0.4) is 0 Å². The Morgan fingerprint density at radius 2 is 1.83 bits per heavy atom. The molecule has 0 aromatic rings. The van der Waals surface area contributed by atoms with Crippen molar-refractivity contribution >= 4 is 0 Å². The molecule has 0 amide bonds. The lowest BCUT2D eigenvalue weighted by atomic mass is 9.81. The summed E-state index contributed by atoms with van der Waals surface area (Å²) in [5.74, 6) is 0. The molecule has 1 aliphatic carbocycles. The van der Waals surface area contributed by atoms with Crippen molar-refractivity contribution in [3.63, 3.8) is 0 Å². The van der Waals surface area contributed by atoms with Gasteiger partial charge in [0, 0.05) is 5.41 Å². The van der Waals surface area contributed by atoms with Crippen molar-refractivity contribution in [2.75, 3.05) is 0 Å². The van der Waals surface area contributed by atoms with Crippen molar-refractivity contribution in [2.24, 2.45) is 5.41 Å². The summed E-state index contributed by atoms with van der Waals surface area (Å²) in [4.78, 5) is 0. The highest BCUT2D eigenvalue weighted by atomic mass is 14.3. The molecule has 12 heavy (non-hydrogen) atoms. The van der Waals surface area contributed by atoms with E-state index in [1.807, 2.05) is 0 Å². The number of hydrogen-bond acceptors (Lipinski definition) is 0. The normalized spacial score (nSPS) is 29.6. The summed E-state index contributed by atoms with van der Waals surface area (Å²) < 4.78 is 0. The van der Waals surface area contributed by atoms with Crippen LogP contribution in [-0.2, 0) is 0 Å². The summed E-state index contributed by atoms with van der Waals surface area (Å²) in [5.41, 5.74) is 4.55. The van der Waals surface area contributed by atoms with Gasteiger partial charge in [0.1, 0.15) is 0 Å². The molecule has 1 atom stereocenters. The van der Waals surface area contributed by atoms with Gasteiger partial charge in [0.15, 0.2) is 0 Å². The molecular formula is C12H19. The molecule has 0 N–H and O–H groups in total. The zero-order valence-corrected chi connectivity index (χ0v) is 8.91. The van der Waals surface area contributed by atoms with Crippen molar-refractivity contribution < 1.29 is 0 Å². The van der Waals surface area contributed by atoms with Crippen LogP contribution in [-0.4, -0.2) is 0 Å². The van der Waals surface area contributed by atoms with Crippen LogP contribution in [0.15, 0.2) is 16.7 Å². The molecule has 0 bridgehead atoms. The van der Waals surface area contributed by atoms with Gasteiger partial charge in [-0.05, 0) is 44.4 Å². The quantitative estimate of drug-likeness (QED) is 0.579. The minimum Gasteiger partial charge on any atom is -0.0653 e. The van der Waals surface area contributed by atoms with Gasteiger partial charge >= 0.3 is 0 Å². The van der Waals surface area contributed by atoms with Crippen LogP contribution < -0.4 is 0 Å². The van der Waals surface area contributed by atoms with Gasteiger partial charge in [0.2, 0.25) is 0 Å². The Bertz CT molecular complexity index is 243. The Morgan fingerprint density at radius 3 is 2.17 bits per heavy atom. The molecule has 0 nitrogen and oxygen atoms in total. The summed E-state index contributed by atoms with van der Waals surface area (Å²) >= 11 is 0. The number of allylic oxidation sites excluding steroid dienone is 4. The molecule has 0 aromatic carbocycles. The van der Waals surface area contributed by atoms with E-state index < -0.39 is 0 Å². The third-order valence-electron chi connectivity index (χ3n) is 3.17. The highest BCUT2D eigenvalue weighted by molar-refractivity contribution is 5.41. The van der Waals surface area contributed by atoms with Gasteiger partial charge in [0.05, 0.1) is 0 Å². The first-order valence-corrected chi connectivity index (χ1v) is 4.81. The molecule has 0 spiro atoms. The number of rotatable bonds is 2. The molecule has 0 saturated heterocycles. The standard InChI is InChI=1S/C12H19/c1-6-7-12(5)8-9(2)10(3)11(12)4/h6-7H2,1-5H3. The SMILES string of the molecule is CCCC1(C)[C]=C(C)C(C)=C1C. The molecule has 67 valence electrons. The lowest BCUT2D eigenvalue weighted by Crippen LogP contribution is -2.12. The van der Waals surface area contributed by atoms with Gasteiger partial charge in [0.25, 0.3) is 0 Å². The van der Waals surface area contributed by atoms with Gasteiger partial charge in [-0.25, -0.2) is 0 Å². The van der Waals surface area contributed by atoms with E-state index in [2.05, 4.69) is 40.7 Å². The molecule has 0 aromatic heterocycles. The fourth-order valence-electron chi connectivity index (χ4n) is 2.05. The minimum absolute atomic E-state index is 0.239. The second kappa shape index (κ2) is 3.08. The lowest BCUT2D eigenvalue weighted by Gasteiger charge is -2.23. The largest absolute Gasteiger partial charge is 0.0653 e. The van der Waals surface area contributed by atoms with Crippen LogP contribution in [0.25, 0.3) is 0 Å². The van der Waals surface area contributed by atoms with Crippen molar-refractivity contribution in [2.45, 2.75) is 47.5 Å². The molecule has 0 saturated carbocycles. The molecular weight excluding hydrogens is 144 g/mol. The average molecular weight is 163 g/mol. The van der Waals surface area contributed by atoms with Gasteiger partial charge in [-0.2, -0.15) is 0 Å². The zero-order chi connectivity index (χ0) is 9.35. The summed E-state index contributed by atoms with van der Waals surface area (Å²) in [6.45, 7) is 11.2. The van der Waals surface area contributed by atoms with Crippen molar-refractivity contribution in [1.82, 2.24) is 0 Å². The van der Waals surface area contributed by atoms with Crippen LogP contribution >= 0.6 is 0 Å². The van der Waals surface area contributed by atoms with Crippen LogP contribution in [0, 0.1) is 11.5 Å². The lowest BCUT2D eigenvalue weighted by molar-refractivity contribution is 0.452. The Labute approximate surface area is 76.4 Å². The van der Waals surface area contributed by atoms with Crippen LogP contribution in [0.1, 0.15) is 47.5 Å². The molecule has 1 rings (SSSR count). The Hall–Kier alpha value is -0.520. The molecule has 0 heteroatoms. The van der Waals surface area contributed by atoms with Crippen molar-refractivity contribution in [3.8, 4) is 0 Å². The first kappa shape index (κ1) is 9.57. The molecule has 0 heterocycles. The smallest absolute Gasteiger partial charge is 0.0142 e. The third kappa shape index (κ3) is 1.35. The first-order valence-electron chi connectivity index (χ1n) is 4.81. The second-order valence-electron chi connectivity index (χ2n) is 4.08. The maximum absolute atomic E-state index is 3.57. The number of hydrogen-bond donors (Lipinski definition) is 0. The zero-order valence-electron chi connectivity index (χ0n) is 8.91. The fourth-order valence-corrected chi connectivity index (χ4v) is 2.05. The minimum atomic E-state index is 0.239. The van der Waals surface area contributed by atoms with Crippen LogP contribution in [0.2, 0.25) is 0 Å². The monoisotopic (exact) mass is 163 g/mol. The van der Waals surface area contributed by atoms with E-state index in [-0.39, 0.29) is 5.41 Å². The van der Waals surface area contributed by atoms with Crippen molar-refractivity contribution in [3.05, 3.63) is 22.8 Å². The maximum Gasteiger partial charge on any atom is 0.0142 e. The molecule has 1 unspecified atom stereocenters. The summed E-state index contributed by atoms with van der Waals surface area (Å²) in [5, 5.41) is 0. The first-order chi connectivity index (χ1) is 5.51. The van der Waals surface area contributed by atoms with E-state index in [0.717, 1.165) is 0 Å². The van der Waals surface area contributed by atoms with E-state index in [1.54, 1.807) is 0 Å². The Balaban J connectivity index is 2.97. The third-order valence-corrected chi connectivity index (χ3v) is 3.17. The summed E-state index contributed by atoms with van der Waals surface area (Å²) in [6, 6.07) is 0. The Morgan fingerprint density at radius 1 is 1.25 bits per heavy atom. The predicted molar refractivity (Wildman–Crippen MR) is 53.8 cm³/mol. The van der Waals surface area contributed by atoms with E-state index >= 15 is 0 Å². The Kier molecular flexibility index (Phi) is 2.46. The molecule has 1 aliphatic rings. The van der Waals surface area contributed by atoms with E-state index in [4.69, 9.17) is 0 Å². The van der Waals surface area contributed by atoms with E-state index in [0.29, 0.717) is 0 Å². The highest BCUT2D eigenvalue weighted by Crippen LogP contribution is 2.42. The molecule has 0 aliphatic heterocycles. The van der Waals surface area contributed by atoms with Gasteiger partial charge in [-0.15, -0.1) is 0 Å².